The number of nitrogens with two attached hydrogens (primary N) is 1. The molecule has 3 N–H and O–H groups in total. The van der Waals surface area contributed by atoms with Crippen LogP contribution < -0.4 is 11.1 Å². The standard InChI is InChI=1S/C13H17N3O3/c1-10-5-2-3-6-11(10)15-12(18)13(19)16(9-17)8-4-7-14/h2-3,5-6,9H,4,7-8,14H2,1H3,(H,15,18). The zero-order valence-electron chi connectivity index (χ0n) is 10.8. The van der Waals surface area contributed by atoms with Crippen molar-refractivity contribution in [3.05, 3.63) is 29.8 Å². The Morgan fingerprint density at radius 3 is 2.63 bits per heavy atom. The van der Waals surface area contributed by atoms with Crippen LogP contribution in [0.25, 0.3) is 0 Å². The molecule has 0 heterocycles. The lowest BCUT2D eigenvalue weighted by molar-refractivity contribution is -0.146. The molecule has 0 spiro atoms. The summed E-state index contributed by atoms with van der Waals surface area (Å²) >= 11 is 0. The number of nitrogens with one attached hydrogen (secondary N) is 1. The van der Waals surface area contributed by atoms with Crippen molar-refractivity contribution in [1.82, 2.24) is 4.90 Å². The zero-order valence-corrected chi connectivity index (χ0v) is 10.8. The second-order valence-corrected chi connectivity index (χ2v) is 4.02. The Bertz CT molecular complexity index is 474. The van der Waals surface area contributed by atoms with Gasteiger partial charge in [-0.15, -0.1) is 0 Å². The molecule has 0 aliphatic heterocycles. The second kappa shape index (κ2) is 7.27. The first-order valence-electron chi connectivity index (χ1n) is 5.93. The molecule has 0 atom stereocenters. The predicted octanol–water partition coefficient (Wildman–Crippen LogP) is 0.267. The summed E-state index contributed by atoms with van der Waals surface area (Å²) in [4.78, 5) is 35.1. The molecule has 1 aromatic carbocycles. The van der Waals surface area contributed by atoms with Crippen LogP contribution in [0.3, 0.4) is 0 Å². The van der Waals surface area contributed by atoms with Crippen LogP contribution in [-0.4, -0.2) is 36.2 Å². The number of hydrogen-bond acceptors (Lipinski definition) is 4. The van der Waals surface area contributed by atoms with Crippen LogP contribution in [0.5, 0.6) is 0 Å². The molecule has 6 heteroatoms. The fourth-order valence-electron chi connectivity index (χ4n) is 1.48. The highest BCUT2D eigenvalue weighted by molar-refractivity contribution is 6.41. The van der Waals surface area contributed by atoms with Gasteiger partial charge in [0.25, 0.3) is 0 Å². The summed E-state index contributed by atoms with van der Waals surface area (Å²) in [6.45, 7) is 2.29. The molecule has 0 fully saturated rings. The first-order chi connectivity index (χ1) is 9.10. The smallest absolute Gasteiger partial charge is 0.318 e. The van der Waals surface area contributed by atoms with Crippen LogP contribution in [0.4, 0.5) is 5.69 Å². The van der Waals surface area contributed by atoms with Gasteiger partial charge in [-0.1, -0.05) is 18.2 Å². The summed E-state index contributed by atoms with van der Waals surface area (Å²) in [5, 5.41) is 2.48. The minimum atomic E-state index is -0.883. The van der Waals surface area contributed by atoms with Gasteiger partial charge < -0.3 is 11.1 Å². The number of nitrogens with zero attached hydrogens (tertiary/aromatic N) is 1. The van der Waals surface area contributed by atoms with Gasteiger partial charge in [0, 0.05) is 12.2 Å². The van der Waals surface area contributed by atoms with E-state index in [2.05, 4.69) is 5.32 Å². The fourth-order valence-corrected chi connectivity index (χ4v) is 1.48. The maximum Gasteiger partial charge on any atom is 0.318 e. The Morgan fingerprint density at radius 2 is 2.05 bits per heavy atom. The predicted molar refractivity (Wildman–Crippen MR) is 71.3 cm³/mol. The number of imide groups is 1. The van der Waals surface area contributed by atoms with E-state index in [9.17, 15) is 14.4 Å². The van der Waals surface area contributed by atoms with E-state index < -0.39 is 11.8 Å². The first-order valence-corrected chi connectivity index (χ1v) is 5.93. The van der Waals surface area contributed by atoms with Gasteiger partial charge in [-0.3, -0.25) is 19.3 Å². The van der Waals surface area contributed by atoms with Crippen LogP contribution in [0.1, 0.15) is 12.0 Å². The Labute approximate surface area is 111 Å². The van der Waals surface area contributed by atoms with E-state index in [0.29, 0.717) is 25.1 Å². The molecule has 0 unspecified atom stereocenters. The minimum Gasteiger partial charge on any atom is -0.330 e. The number of benzene rings is 1. The fraction of sp³-hybridized carbons (Fsp3) is 0.308. The summed E-state index contributed by atoms with van der Waals surface area (Å²) in [6.07, 6.45) is 0.803. The third kappa shape index (κ3) is 4.18. The first kappa shape index (κ1) is 14.8. The number of rotatable bonds is 5. The summed E-state index contributed by atoms with van der Waals surface area (Å²) in [5.41, 5.74) is 6.68. The molecule has 3 amide bonds. The van der Waals surface area contributed by atoms with Crippen molar-refractivity contribution in [3.63, 3.8) is 0 Å². The normalized spacial score (nSPS) is 9.79. The van der Waals surface area contributed by atoms with E-state index in [1.165, 1.54) is 0 Å². The number of aryl methyl sites for hydroxylation is 1. The van der Waals surface area contributed by atoms with Crippen molar-refractivity contribution in [1.29, 1.82) is 0 Å². The van der Waals surface area contributed by atoms with Gasteiger partial charge in [-0.2, -0.15) is 0 Å². The largest absolute Gasteiger partial charge is 0.330 e. The molecular weight excluding hydrogens is 246 g/mol. The van der Waals surface area contributed by atoms with Gasteiger partial charge in [0.05, 0.1) is 0 Å². The summed E-state index contributed by atoms with van der Waals surface area (Å²) in [5.74, 6) is -1.72. The average molecular weight is 263 g/mol. The van der Waals surface area contributed by atoms with Gasteiger partial charge in [0.2, 0.25) is 6.41 Å². The number of carbonyl (C=O) groups excluding carboxylic acids is 3. The van der Waals surface area contributed by atoms with Crippen LogP contribution >= 0.6 is 0 Å². The van der Waals surface area contributed by atoms with E-state index in [1.807, 2.05) is 19.1 Å². The van der Waals surface area contributed by atoms with E-state index in [4.69, 9.17) is 5.73 Å². The zero-order chi connectivity index (χ0) is 14.3. The van der Waals surface area contributed by atoms with Crippen molar-refractivity contribution >= 4 is 23.9 Å². The SMILES string of the molecule is Cc1ccccc1NC(=O)C(=O)N(C=O)CCCN. The molecular formula is C13H17N3O3. The van der Waals surface area contributed by atoms with Crippen LogP contribution in [0, 0.1) is 6.92 Å². The summed E-state index contributed by atoms with van der Waals surface area (Å²) in [7, 11) is 0. The maximum absolute atomic E-state index is 11.7. The molecule has 0 aliphatic carbocycles. The van der Waals surface area contributed by atoms with Crippen molar-refractivity contribution in [2.24, 2.45) is 5.73 Å². The quantitative estimate of drug-likeness (QED) is 0.589. The number of anilines is 1. The van der Waals surface area contributed by atoms with Gasteiger partial charge in [-0.05, 0) is 31.5 Å². The van der Waals surface area contributed by atoms with Gasteiger partial charge in [0.15, 0.2) is 0 Å². The molecule has 0 aliphatic rings. The van der Waals surface area contributed by atoms with Crippen molar-refractivity contribution in [2.45, 2.75) is 13.3 Å². The molecule has 0 radical (unpaired) electrons. The summed E-state index contributed by atoms with van der Waals surface area (Å²) in [6, 6.07) is 7.07. The van der Waals surface area contributed by atoms with Crippen LogP contribution in [0.15, 0.2) is 24.3 Å². The van der Waals surface area contributed by atoms with Crippen molar-refractivity contribution in [2.75, 3.05) is 18.4 Å². The molecule has 1 rings (SSSR count). The van der Waals surface area contributed by atoms with Gasteiger partial charge in [0.1, 0.15) is 0 Å². The highest BCUT2D eigenvalue weighted by atomic mass is 16.2. The van der Waals surface area contributed by atoms with Gasteiger partial charge >= 0.3 is 11.8 Å². The molecule has 1 aromatic rings. The lowest BCUT2D eigenvalue weighted by Gasteiger charge is -2.15. The van der Waals surface area contributed by atoms with E-state index in [0.717, 1.165) is 10.5 Å². The minimum absolute atomic E-state index is 0.139. The maximum atomic E-state index is 11.7. The van der Waals surface area contributed by atoms with Gasteiger partial charge in [-0.25, -0.2) is 0 Å². The van der Waals surface area contributed by atoms with E-state index in [-0.39, 0.29) is 6.54 Å². The molecule has 0 saturated carbocycles. The van der Waals surface area contributed by atoms with Crippen molar-refractivity contribution < 1.29 is 14.4 Å². The molecule has 102 valence electrons. The summed E-state index contributed by atoms with van der Waals surface area (Å²) < 4.78 is 0. The third-order valence-corrected chi connectivity index (χ3v) is 2.58. The molecule has 6 nitrogen and oxygen atoms in total. The molecule has 0 bridgehead atoms. The van der Waals surface area contributed by atoms with Crippen LogP contribution in [-0.2, 0) is 14.4 Å². The second-order valence-electron chi connectivity index (χ2n) is 4.02. The highest BCUT2D eigenvalue weighted by Crippen LogP contribution is 2.13. The van der Waals surface area contributed by atoms with E-state index in [1.54, 1.807) is 12.1 Å². The lowest BCUT2D eigenvalue weighted by atomic mass is 10.2. The highest BCUT2D eigenvalue weighted by Gasteiger charge is 2.21. The number of carbonyl (C=O) groups is 3. The Balaban J connectivity index is 2.69. The Hall–Kier alpha value is -2.21. The number of para-hydroxylation sites is 1. The number of hydrogen-bond donors (Lipinski definition) is 2. The topological polar surface area (TPSA) is 92.5 Å². The Kier molecular flexibility index (Phi) is 5.69. The number of amides is 3. The molecule has 0 aromatic heterocycles. The molecule has 0 saturated heterocycles. The third-order valence-electron chi connectivity index (χ3n) is 2.58. The average Bonchev–Trinajstić information content (AvgIpc) is 2.42. The van der Waals surface area contributed by atoms with E-state index >= 15 is 0 Å². The lowest BCUT2D eigenvalue weighted by Crippen LogP contribution is -2.40. The van der Waals surface area contributed by atoms with Crippen molar-refractivity contribution in [3.8, 4) is 0 Å². The van der Waals surface area contributed by atoms with Crippen LogP contribution in [0.2, 0.25) is 0 Å². The molecule has 19 heavy (non-hydrogen) atoms. The monoisotopic (exact) mass is 263 g/mol. The Morgan fingerprint density at radius 1 is 1.37 bits per heavy atom.